The van der Waals surface area contributed by atoms with Crippen LogP contribution in [0.4, 0.5) is 0 Å². The van der Waals surface area contributed by atoms with Crippen LogP contribution in [0.1, 0.15) is 13.8 Å². The van der Waals surface area contributed by atoms with Crippen LogP contribution in [-0.2, 0) is 19.2 Å². The minimum absolute atomic E-state index is 0.226. The highest BCUT2D eigenvalue weighted by Crippen LogP contribution is 2.50. The van der Waals surface area contributed by atoms with E-state index in [2.05, 4.69) is 10.6 Å². The molecular formula is C12H18N4O5S. The molecule has 5 N–H and O–H groups in total. The van der Waals surface area contributed by atoms with Crippen LogP contribution in [0, 0.1) is 0 Å². The number of carbonyl (C=O) groups is 4. The Labute approximate surface area is 131 Å². The van der Waals surface area contributed by atoms with Gasteiger partial charge in [0.25, 0.3) is 0 Å². The van der Waals surface area contributed by atoms with Crippen LogP contribution >= 0.6 is 11.8 Å². The van der Waals surface area contributed by atoms with E-state index in [9.17, 15) is 24.3 Å². The summed E-state index contributed by atoms with van der Waals surface area (Å²) in [6.07, 6.45) is 0. The Balaban J connectivity index is 1.97. The number of amides is 3. The van der Waals surface area contributed by atoms with Gasteiger partial charge in [0.2, 0.25) is 17.7 Å². The normalized spacial score (nSPS) is 28.6. The number of hydrogen-bond acceptors (Lipinski definition) is 6. The van der Waals surface area contributed by atoms with Gasteiger partial charge in [-0.2, -0.15) is 0 Å². The van der Waals surface area contributed by atoms with Crippen molar-refractivity contribution in [3.05, 3.63) is 0 Å². The Morgan fingerprint density at radius 2 is 2.00 bits per heavy atom. The van der Waals surface area contributed by atoms with Gasteiger partial charge in [0, 0.05) is 4.75 Å². The number of nitrogens with one attached hydrogen (secondary N) is 2. The van der Waals surface area contributed by atoms with E-state index in [0.29, 0.717) is 0 Å². The van der Waals surface area contributed by atoms with Crippen molar-refractivity contribution in [3.8, 4) is 0 Å². The van der Waals surface area contributed by atoms with Gasteiger partial charge in [-0.3, -0.25) is 14.4 Å². The molecule has 22 heavy (non-hydrogen) atoms. The molecule has 0 radical (unpaired) electrons. The molecule has 122 valence electrons. The van der Waals surface area contributed by atoms with E-state index in [1.54, 1.807) is 13.8 Å². The van der Waals surface area contributed by atoms with Gasteiger partial charge in [0.15, 0.2) is 0 Å². The summed E-state index contributed by atoms with van der Waals surface area (Å²) in [6.45, 7) is 3.00. The maximum atomic E-state index is 12.1. The number of fused-ring (bicyclic) bond motifs is 1. The number of carbonyl (C=O) groups excluding carboxylic acids is 3. The average Bonchev–Trinajstić information content (AvgIpc) is 2.70. The molecule has 0 aliphatic carbocycles. The zero-order valence-electron chi connectivity index (χ0n) is 12.2. The zero-order chi connectivity index (χ0) is 16.7. The first-order valence-electron chi connectivity index (χ1n) is 6.68. The molecule has 1 unspecified atom stereocenters. The number of rotatable bonds is 5. The summed E-state index contributed by atoms with van der Waals surface area (Å²) < 4.78 is -0.639. The first kappa shape index (κ1) is 16.6. The van der Waals surface area contributed by atoms with Crippen molar-refractivity contribution in [3.63, 3.8) is 0 Å². The van der Waals surface area contributed by atoms with Crippen molar-refractivity contribution in [2.45, 2.75) is 36.1 Å². The Bertz CT molecular complexity index is 538. The summed E-state index contributed by atoms with van der Waals surface area (Å²) >= 11 is 1.34. The van der Waals surface area contributed by atoms with Gasteiger partial charge in [-0.05, 0) is 13.8 Å². The van der Waals surface area contributed by atoms with E-state index >= 15 is 0 Å². The summed E-state index contributed by atoms with van der Waals surface area (Å²) in [5, 5.41) is 13.7. The molecule has 0 aromatic heterocycles. The molecule has 2 rings (SSSR count). The lowest BCUT2D eigenvalue weighted by atomic mass is 9.96. The second-order valence-corrected chi connectivity index (χ2v) is 7.40. The summed E-state index contributed by atoms with van der Waals surface area (Å²) in [7, 11) is 0. The van der Waals surface area contributed by atoms with Crippen LogP contribution in [0.3, 0.4) is 0 Å². The van der Waals surface area contributed by atoms with Crippen molar-refractivity contribution < 1.29 is 24.3 Å². The van der Waals surface area contributed by atoms with Gasteiger partial charge in [-0.25, -0.2) is 4.79 Å². The van der Waals surface area contributed by atoms with E-state index in [-0.39, 0.29) is 13.1 Å². The molecular weight excluding hydrogens is 312 g/mol. The summed E-state index contributed by atoms with van der Waals surface area (Å²) in [4.78, 5) is 47.4. The maximum Gasteiger partial charge on any atom is 0.327 e. The Kier molecular flexibility index (Phi) is 4.34. The summed E-state index contributed by atoms with van der Waals surface area (Å²) in [5.41, 5.74) is 5.10. The zero-order valence-corrected chi connectivity index (χ0v) is 13.0. The molecule has 2 aliphatic heterocycles. The fourth-order valence-corrected chi connectivity index (χ4v) is 4.25. The van der Waals surface area contributed by atoms with Crippen LogP contribution in [0.15, 0.2) is 0 Å². The van der Waals surface area contributed by atoms with E-state index in [0.717, 1.165) is 0 Å². The molecule has 3 atom stereocenters. The van der Waals surface area contributed by atoms with Gasteiger partial charge in [0.05, 0.1) is 13.1 Å². The van der Waals surface area contributed by atoms with Crippen molar-refractivity contribution in [1.29, 1.82) is 0 Å². The number of carboxylic acids is 1. The number of nitrogens with zero attached hydrogens (tertiary/aromatic N) is 1. The molecule has 2 saturated heterocycles. The third kappa shape index (κ3) is 2.75. The summed E-state index contributed by atoms with van der Waals surface area (Å²) in [6, 6.07) is -1.68. The number of aliphatic carboxylic acids is 1. The van der Waals surface area contributed by atoms with Crippen molar-refractivity contribution >= 4 is 35.5 Å². The smallest absolute Gasteiger partial charge is 0.327 e. The van der Waals surface area contributed by atoms with Crippen LogP contribution in [0.2, 0.25) is 0 Å². The van der Waals surface area contributed by atoms with Gasteiger partial charge in [-0.1, -0.05) is 0 Å². The van der Waals surface area contributed by atoms with Crippen LogP contribution in [0.5, 0.6) is 0 Å². The minimum atomic E-state index is -1.06. The average molecular weight is 330 g/mol. The Morgan fingerprint density at radius 1 is 1.36 bits per heavy atom. The maximum absolute atomic E-state index is 12.1. The van der Waals surface area contributed by atoms with Gasteiger partial charge in [0.1, 0.15) is 17.5 Å². The first-order valence-corrected chi connectivity index (χ1v) is 7.56. The first-order chi connectivity index (χ1) is 10.2. The van der Waals surface area contributed by atoms with E-state index in [1.165, 1.54) is 16.7 Å². The third-order valence-electron chi connectivity index (χ3n) is 3.62. The molecule has 0 spiro atoms. The van der Waals surface area contributed by atoms with E-state index < -0.39 is 45.9 Å². The number of hydrogen-bond donors (Lipinski definition) is 4. The lowest BCUT2D eigenvalue weighted by Gasteiger charge is -2.43. The number of thioether (sulfide) groups is 1. The number of carboxylic acid groups (broad SMARTS) is 1. The fraction of sp³-hybridized carbons (Fsp3) is 0.667. The number of nitrogens with two attached hydrogens (primary N) is 1. The van der Waals surface area contributed by atoms with Crippen LogP contribution < -0.4 is 16.4 Å². The van der Waals surface area contributed by atoms with Crippen LogP contribution in [-0.4, -0.2) is 69.0 Å². The largest absolute Gasteiger partial charge is 0.480 e. The molecule has 2 aliphatic rings. The fourth-order valence-electron chi connectivity index (χ4n) is 2.62. The monoisotopic (exact) mass is 330 g/mol. The Morgan fingerprint density at radius 3 is 2.55 bits per heavy atom. The van der Waals surface area contributed by atoms with Crippen molar-refractivity contribution in [2.75, 3.05) is 13.1 Å². The highest BCUT2D eigenvalue weighted by molar-refractivity contribution is 8.01. The molecule has 2 fully saturated rings. The van der Waals surface area contributed by atoms with Gasteiger partial charge in [-0.15, -0.1) is 11.8 Å². The molecule has 2 heterocycles. The molecule has 0 aromatic carbocycles. The molecule has 0 bridgehead atoms. The third-order valence-corrected chi connectivity index (χ3v) is 5.19. The second kappa shape index (κ2) is 5.76. The van der Waals surface area contributed by atoms with E-state index in [1.807, 2.05) is 0 Å². The topological polar surface area (TPSA) is 142 Å². The molecule has 0 saturated carbocycles. The van der Waals surface area contributed by atoms with Crippen LogP contribution in [0.25, 0.3) is 0 Å². The predicted molar refractivity (Wildman–Crippen MR) is 77.7 cm³/mol. The van der Waals surface area contributed by atoms with Gasteiger partial charge >= 0.3 is 5.97 Å². The lowest BCUT2D eigenvalue weighted by Crippen LogP contribution is -2.71. The molecule has 10 heteroatoms. The number of β-lactam (4-membered cyclic amide) rings is 1. The minimum Gasteiger partial charge on any atom is -0.480 e. The molecule has 9 nitrogen and oxygen atoms in total. The van der Waals surface area contributed by atoms with Crippen molar-refractivity contribution in [1.82, 2.24) is 15.5 Å². The highest BCUT2D eigenvalue weighted by Gasteiger charge is 2.64. The molecule has 3 amide bonds. The highest BCUT2D eigenvalue weighted by atomic mass is 32.2. The quantitative estimate of drug-likeness (QED) is 0.415. The predicted octanol–water partition coefficient (Wildman–Crippen LogP) is -2.31. The lowest BCUT2D eigenvalue weighted by molar-refractivity contribution is -0.161. The van der Waals surface area contributed by atoms with E-state index in [4.69, 9.17) is 5.73 Å². The van der Waals surface area contributed by atoms with Gasteiger partial charge < -0.3 is 26.4 Å². The Hall–Kier alpha value is -1.81. The standard InChI is InChI=1S/C12H18N4O5S/c1-12(2)8(11(20)21)16-9(19)7(10(16)22-12)15-6(18)4-14-5(17)3-13/h7-8,10H,3-4,13H2,1-2H3,(H,14,17)(H,15,18)(H,20,21)/t7?,8-,10+/m0/s1. The summed E-state index contributed by atoms with van der Waals surface area (Å²) in [5.74, 6) is -2.47. The SMILES string of the molecule is CC1(C)S[C@@H]2C(NC(=O)CNC(=O)CN)C(=O)N2[C@H]1C(=O)O. The second-order valence-electron chi connectivity index (χ2n) is 5.62. The molecule has 0 aromatic rings. The van der Waals surface area contributed by atoms with Crippen molar-refractivity contribution in [2.24, 2.45) is 5.73 Å².